The van der Waals surface area contributed by atoms with Crippen LogP contribution in [0, 0.1) is 0 Å². The second kappa shape index (κ2) is 5.23. The number of rotatable bonds is 4. The Morgan fingerprint density at radius 1 is 1.26 bits per heavy atom. The molecule has 0 saturated heterocycles. The van der Waals surface area contributed by atoms with Crippen molar-refractivity contribution >= 4 is 40.9 Å². The molecule has 1 heterocycles. The highest BCUT2D eigenvalue weighted by Gasteiger charge is 2.28. The molecule has 0 amide bonds. The maximum atomic E-state index is 6.15. The Morgan fingerprint density at radius 3 is 2.58 bits per heavy atom. The molecule has 1 saturated carbocycles. The second-order valence-corrected chi connectivity index (χ2v) is 6.19. The molecule has 1 aliphatic rings. The Labute approximate surface area is 125 Å². The first kappa shape index (κ1) is 13.1. The van der Waals surface area contributed by atoms with Crippen LogP contribution in [-0.2, 0) is 5.75 Å². The van der Waals surface area contributed by atoms with Crippen molar-refractivity contribution in [2.45, 2.75) is 29.8 Å². The van der Waals surface area contributed by atoms with Gasteiger partial charge in [0.05, 0.1) is 0 Å². The minimum atomic E-state index is 0.458. The topological polar surface area (TPSA) is 56.7 Å². The molecule has 0 unspecified atom stereocenters. The van der Waals surface area contributed by atoms with Crippen LogP contribution in [0.1, 0.15) is 24.4 Å². The summed E-state index contributed by atoms with van der Waals surface area (Å²) in [4.78, 5) is 0. The molecule has 0 spiro atoms. The van der Waals surface area contributed by atoms with Gasteiger partial charge in [0, 0.05) is 21.8 Å². The third-order valence-electron chi connectivity index (χ3n) is 3.01. The number of hydrogen-bond acceptors (Lipinski definition) is 4. The van der Waals surface area contributed by atoms with Crippen LogP contribution in [0.4, 0.5) is 5.95 Å². The summed E-state index contributed by atoms with van der Waals surface area (Å²) < 4.78 is 2.00. The number of anilines is 1. The van der Waals surface area contributed by atoms with Crippen LogP contribution in [-0.4, -0.2) is 14.8 Å². The quantitative estimate of drug-likeness (QED) is 0.872. The van der Waals surface area contributed by atoms with E-state index in [1.807, 2.05) is 22.8 Å². The first-order valence-electron chi connectivity index (χ1n) is 5.93. The molecule has 2 aromatic rings. The van der Waals surface area contributed by atoms with E-state index in [4.69, 9.17) is 28.9 Å². The Kier molecular flexibility index (Phi) is 3.60. The molecule has 100 valence electrons. The van der Waals surface area contributed by atoms with Crippen molar-refractivity contribution in [3.63, 3.8) is 0 Å². The third kappa shape index (κ3) is 2.68. The molecule has 0 radical (unpaired) electrons. The number of halogens is 2. The van der Waals surface area contributed by atoms with Crippen LogP contribution >= 0.6 is 35.0 Å². The van der Waals surface area contributed by atoms with Gasteiger partial charge in [-0.25, -0.2) is 0 Å². The number of nitrogen functional groups attached to an aromatic ring is 1. The van der Waals surface area contributed by atoms with Crippen molar-refractivity contribution in [3.8, 4) is 0 Å². The maximum absolute atomic E-state index is 6.15. The summed E-state index contributed by atoms with van der Waals surface area (Å²) in [6.45, 7) is 0. The first-order valence-corrected chi connectivity index (χ1v) is 7.67. The van der Waals surface area contributed by atoms with E-state index in [0.29, 0.717) is 27.8 Å². The number of hydrogen-bond donors (Lipinski definition) is 1. The lowest BCUT2D eigenvalue weighted by atomic mass is 10.2. The van der Waals surface area contributed by atoms with Gasteiger partial charge in [0.15, 0.2) is 5.16 Å². The lowest BCUT2D eigenvalue weighted by molar-refractivity contribution is 0.671. The van der Waals surface area contributed by atoms with E-state index in [9.17, 15) is 0 Å². The van der Waals surface area contributed by atoms with E-state index < -0.39 is 0 Å². The van der Waals surface area contributed by atoms with Crippen LogP contribution in [0.15, 0.2) is 23.4 Å². The van der Waals surface area contributed by atoms with Gasteiger partial charge in [-0.15, -0.1) is 10.2 Å². The first-order chi connectivity index (χ1) is 9.16. The fourth-order valence-electron chi connectivity index (χ4n) is 1.87. The van der Waals surface area contributed by atoms with Crippen molar-refractivity contribution in [1.82, 2.24) is 14.8 Å². The molecule has 3 rings (SSSR count). The summed E-state index contributed by atoms with van der Waals surface area (Å²) in [5, 5.41) is 10.2. The highest BCUT2D eigenvalue weighted by molar-refractivity contribution is 7.98. The van der Waals surface area contributed by atoms with Crippen molar-refractivity contribution in [2.24, 2.45) is 0 Å². The lowest BCUT2D eigenvalue weighted by Crippen LogP contribution is -2.02. The third-order valence-corrected chi connectivity index (χ3v) is 4.69. The van der Waals surface area contributed by atoms with E-state index >= 15 is 0 Å². The minimum Gasteiger partial charge on any atom is -0.368 e. The van der Waals surface area contributed by atoms with Gasteiger partial charge in [0.1, 0.15) is 0 Å². The predicted octanol–water partition coefficient (Wildman–Crippen LogP) is 3.79. The standard InChI is InChI=1S/C12H12Cl2N4S/c13-9-2-1-3-10(14)8(9)6-19-12-17-16-11(15)18(12)7-4-5-7/h1-3,7H,4-6H2,(H2,15,16). The van der Waals surface area contributed by atoms with Crippen molar-refractivity contribution in [3.05, 3.63) is 33.8 Å². The predicted molar refractivity (Wildman–Crippen MR) is 78.7 cm³/mol. The van der Waals surface area contributed by atoms with Gasteiger partial charge < -0.3 is 5.73 Å². The van der Waals surface area contributed by atoms with Crippen LogP contribution in [0.25, 0.3) is 0 Å². The van der Waals surface area contributed by atoms with E-state index in [0.717, 1.165) is 23.6 Å². The van der Waals surface area contributed by atoms with Gasteiger partial charge in [-0.05, 0) is 30.5 Å². The van der Waals surface area contributed by atoms with Gasteiger partial charge >= 0.3 is 0 Å². The molecule has 1 fully saturated rings. The van der Waals surface area contributed by atoms with Crippen molar-refractivity contribution in [1.29, 1.82) is 0 Å². The van der Waals surface area contributed by atoms with Gasteiger partial charge in [-0.1, -0.05) is 41.0 Å². The molecule has 0 bridgehead atoms. The molecule has 0 atom stereocenters. The molecule has 7 heteroatoms. The highest BCUT2D eigenvalue weighted by atomic mass is 35.5. The van der Waals surface area contributed by atoms with Crippen LogP contribution in [0.3, 0.4) is 0 Å². The van der Waals surface area contributed by atoms with E-state index in [-0.39, 0.29) is 0 Å². The number of nitrogens with two attached hydrogens (primary N) is 1. The van der Waals surface area contributed by atoms with Crippen molar-refractivity contribution < 1.29 is 0 Å². The normalized spacial score (nSPS) is 14.8. The molecule has 19 heavy (non-hydrogen) atoms. The van der Waals surface area contributed by atoms with Gasteiger partial charge in [-0.2, -0.15) is 0 Å². The maximum Gasteiger partial charge on any atom is 0.222 e. The minimum absolute atomic E-state index is 0.458. The number of nitrogens with zero attached hydrogens (tertiary/aromatic N) is 3. The molecular formula is C12H12Cl2N4S. The van der Waals surface area contributed by atoms with Crippen LogP contribution < -0.4 is 5.73 Å². The van der Waals surface area contributed by atoms with Gasteiger partial charge in [0.25, 0.3) is 0 Å². The molecule has 1 aliphatic carbocycles. The van der Waals surface area contributed by atoms with E-state index in [1.54, 1.807) is 11.8 Å². The summed E-state index contributed by atoms with van der Waals surface area (Å²) >= 11 is 13.9. The zero-order valence-corrected chi connectivity index (χ0v) is 12.3. The molecule has 0 aliphatic heterocycles. The summed E-state index contributed by atoms with van der Waals surface area (Å²) in [6.07, 6.45) is 2.28. The van der Waals surface area contributed by atoms with Crippen molar-refractivity contribution in [2.75, 3.05) is 5.73 Å². The zero-order chi connectivity index (χ0) is 13.4. The summed E-state index contributed by atoms with van der Waals surface area (Å²) in [7, 11) is 0. The largest absolute Gasteiger partial charge is 0.368 e. The smallest absolute Gasteiger partial charge is 0.222 e. The van der Waals surface area contributed by atoms with Crippen LogP contribution in [0.2, 0.25) is 10.0 Å². The molecule has 2 N–H and O–H groups in total. The number of aromatic nitrogens is 3. The SMILES string of the molecule is Nc1nnc(SCc2c(Cl)cccc2Cl)n1C1CC1. The monoisotopic (exact) mass is 314 g/mol. The lowest BCUT2D eigenvalue weighted by Gasteiger charge is -2.08. The molecule has 1 aromatic carbocycles. The van der Waals surface area contributed by atoms with Crippen LogP contribution in [0.5, 0.6) is 0 Å². The fraction of sp³-hybridized carbons (Fsp3) is 0.333. The Bertz CT molecular complexity index is 590. The average molecular weight is 315 g/mol. The summed E-state index contributed by atoms with van der Waals surface area (Å²) in [5.41, 5.74) is 6.75. The number of benzene rings is 1. The van der Waals surface area contributed by atoms with E-state index in [1.165, 1.54) is 0 Å². The average Bonchev–Trinajstić information content (AvgIpc) is 3.14. The Morgan fingerprint density at radius 2 is 1.95 bits per heavy atom. The zero-order valence-electron chi connectivity index (χ0n) is 10.0. The van der Waals surface area contributed by atoms with E-state index in [2.05, 4.69) is 10.2 Å². The second-order valence-electron chi connectivity index (χ2n) is 4.43. The highest BCUT2D eigenvalue weighted by Crippen LogP contribution is 2.40. The Hall–Kier alpha value is -0.910. The van der Waals surface area contributed by atoms with Gasteiger partial charge in [-0.3, -0.25) is 4.57 Å². The number of thioether (sulfide) groups is 1. The summed E-state index contributed by atoms with van der Waals surface area (Å²) in [5.74, 6) is 1.14. The Balaban J connectivity index is 1.79. The molecule has 4 nitrogen and oxygen atoms in total. The molecular weight excluding hydrogens is 303 g/mol. The molecule has 1 aromatic heterocycles. The fourth-order valence-corrected chi connectivity index (χ4v) is 3.62. The van der Waals surface area contributed by atoms with Gasteiger partial charge in [0.2, 0.25) is 5.95 Å². The summed E-state index contributed by atoms with van der Waals surface area (Å²) in [6, 6.07) is 5.97.